The molecule has 4 heteroatoms. The zero-order valence-electron chi connectivity index (χ0n) is 12.5. The van der Waals surface area contributed by atoms with E-state index in [1.54, 1.807) is 14.2 Å². The molecule has 1 aromatic carbocycles. The maximum absolute atomic E-state index is 5.74. The highest BCUT2D eigenvalue weighted by Gasteiger charge is 2.20. The Balaban J connectivity index is 3.05. The number of ether oxygens (including phenoxy) is 3. The van der Waals surface area contributed by atoms with E-state index in [0.717, 1.165) is 23.6 Å². The number of methoxy groups -OCH3 is 2. The average molecular weight is 267 g/mol. The van der Waals surface area contributed by atoms with Gasteiger partial charge in [0, 0.05) is 0 Å². The standard InChI is InChI=1S/C15H25NO3/c1-6-16-12(10-19-11(2)3)15-13(17-4)8-7-9-14(15)18-5/h7-9,11-12,16H,6,10H2,1-5H3. The van der Waals surface area contributed by atoms with Crippen LogP contribution < -0.4 is 14.8 Å². The van der Waals surface area contributed by atoms with Gasteiger partial charge in [-0.25, -0.2) is 0 Å². The first-order valence-electron chi connectivity index (χ1n) is 6.69. The van der Waals surface area contributed by atoms with Crippen LogP contribution in [0.2, 0.25) is 0 Å². The molecule has 0 aliphatic heterocycles. The molecule has 1 N–H and O–H groups in total. The lowest BCUT2D eigenvalue weighted by Gasteiger charge is -2.23. The first kappa shape index (κ1) is 15.8. The molecule has 4 nitrogen and oxygen atoms in total. The van der Waals surface area contributed by atoms with Gasteiger partial charge in [-0.15, -0.1) is 0 Å². The van der Waals surface area contributed by atoms with E-state index >= 15 is 0 Å². The number of hydrogen-bond acceptors (Lipinski definition) is 4. The summed E-state index contributed by atoms with van der Waals surface area (Å²) >= 11 is 0. The molecule has 0 aromatic heterocycles. The van der Waals surface area contributed by atoms with Gasteiger partial charge in [-0.1, -0.05) is 13.0 Å². The Kier molecular flexibility index (Phi) is 6.67. The Morgan fingerprint density at radius 3 is 2.11 bits per heavy atom. The molecule has 1 aromatic rings. The Labute approximate surface area is 116 Å². The Morgan fingerprint density at radius 2 is 1.68 bits per heavy atom. The second-order valence-electron chi connectivity index (χ2n) is 4.57. The molecule has 19 heavy (non-hydrogen) atoms. The number of benzene rings is 1. The summed E-state index contributed by atoms with van der Waals surface area (Å²) in [5, 5.41) is 3.42. The fourth-order valence-corrected chi connectivity index (χ4v) is 2.00. The van der Waals surface area contributed by atoms with Crippen LogP contribution in [0, 0.1) is 0 Å². The normalized spacial score (nSPS) is 12.5. The Hall–Kier alpha value is -1.26. The molecular weight excluding hydrogens is 242 g/mol. The molecule has 0 aliphatic rings. The van der Waals surface area contributed by atoms with Crippen molar-refractivity contribution in [1.29, 1.82) is 0 Å². The lowest BCUT2D eigenvalue weighted by Crippen LogP contribution is -2.27. The van der Waals surface area contributed by atoms with Crippen molar-refractivity contribution in [3.8, 4) is 11.5 Å². The number of nitrogens with one attached hydrogen (secondary N) is 1. The number of hydrogen-bond donors (Lipinski definition) is 1. The highest BCUT2D eigenvalue weighted by atomic mass is 16.5. The van der Waals surface area contributed by atoms with Gasteiger partial charge in [0.1, 0.15) is 11.5 Å². The van der Waals surface area contributed by atoms with Crippen molar-refractivity contribution in [2.45, 2.75) is 32.9 Å². The van der Waals surface area contributed by atoms with Crippen LogP contribution >= 0.6 is 0 Å². The highest BCUT2D eigenvalue weighted by molar-refractivity contribution is 5.47. The van der Waals surface area contributed by atoms with Gasteiger partial charge in [0.25, 0.3) is 0 Å². The molecule has 108 valence electrons. The third-order valence-corrected chi connectivity index (χ3v) is 2.86. The predicted octanol–water partition coefficient (Wildman–Crippen LogP) is 2.78. The molecule has 0 bridgehead atoms. The van der Waals surface area contributed by atoms with Crippen LogP contribution in [0.4, 0.5) is 0 Å². The van der Waals surface area contributed by atoms with Gasteiger partial charge < -0.3 is 19.5 Å². The minimum Gasteiger partial charge on any atom is -0.496 e. The van der Waals surface area contributed by atoms with Gasteiger partial charge in [0.05, 0.1) is 38.5 Å². The van der Waals surface area contributed by atoms with Gasteiger partial charge in [0.2, 0.25) is 0 Å². The van der Waals surface area contributed by atoms with Crippen molar-refractivity contribution in [1.82, 2.24) is 5.32 Å². The van der Waals surface area contributed by atoms with E-state index in [-0.39, 0.29) is 12.1 Å². The van der Waals surface area contributed by atoms with Crippen molar-refractivity contribution in [3.05, 3.63) is 23.8 Å². The monoisotopic (exact) mass is 267 g/mol. The summed E-state index contributed by atoms with van der Waals surface area (Å²) in [5.41, 5.74) is 1.01. The van der Waals surface area contributed by atoms with Crippen molar-refractivity contribution in [2.24, 2.45) is 0 Å². The second kappa shape index (κ2) is 8.02. The van der Waals surface area contributed by atoms with Crippen LogP contribution in [0.25, 0.3) is 0 Å². The minimum atomic E-state index is 0.0542. The lowest BCUT2D eigenvalue weighted by molar-refractivity contribution is 0.0604. The van der Waals surface area contributed by atoms with E-state index in [4.69, 9.17) is 14.2 Å². The molecule has 0 heterocycles. The van der Waals surface area contributed by atoms with E-state index in [1.807, 2.05) is 32.0 Å². The molecule has 1 atom stereocenters. The summed E-state index contributed by atoms with van der Waals surface area (Å²) in [7, 11) is 3.34. The molecule has 0 saturated heterocycles. The molecule has 0 radical (unpaired) electrons. The fraction of sp³-hybridized carbons (Fsp3) is 0.600. The molecule has 0 spiro atoms. The first-order chi connectivity index (χ1) is 9.13. The highest BCUT2D eigenvalue weighted by Crippen LogP contribution is 2.34. The van der Waals surface area contributed by atoms with E-state index in [1.165, 1.54) is 0 Å². The molecular formula is C15H25NO3. The Bertz CT molecular complexity index is 357. The zero-order chi connectivity index (χ0) is 14.3. The fourth-order valence-electron chi connectivity index (χ4n) is 2.00. The molecule has 0 saturated carbocycles. The summed E-state index contributed by atoms with van der Waals surface area (Å²) in [4.78, 5) is 0. The van der Waals surface area contributed by atoms with Crippen molar-refractivity contribution in [2.75, 3.05) is 27.4 Å². The van der Waals surface area contributed by atoms with Crippen molar-refractivity contribution >= 4 is 0 Å². The van der Waals surface area contributed by atoms with Crippen LogP contribution in [0.15, 0.2) is 18.2 Å². The van der Waals surface area contributed by atoms with Gasteiger partial charge in [-0.05, 0) is 32.5 Å². The summed E-state index contributed by atoms with van der Waals surface area (Å²) in [6.45, 7) is 7.57. The summed E-state index contributed by atoms with van der Waals surface area (Å²) in [6.07, 6.45) is 0.196. The largest absolute Gasteiger partial charge is 0.496 e. The van der Waals surface area contributed by atoms with Gasteiger partial charge >= 0.3 is 0 Å². The van der Waals surface area contributed by atoms with Crippen LogP contribution in [-0.4, -0.2) is 33.5 Å². The quantitative estimate of drug-likeness (QED) is 0.786. The summed E-state index contributed by atoms with van der Waals surface area (Å²) in [5.74, 6) is 1.63. The van der Waals surface area contributed by atoms with E-state index in [9.17, 15) is 0 Å². The lowest BCUT2D eigenvalue weighted by atomic mass is 10.0. The molecule has 1 unspecified atom stereocenters. The Morgan fingerprint density at radius 1 is 1.11 bits per heavy atom. The molecule has 0 aliphatic carbocycles. The third kappa shape index (κ3) is 4.40. The van der Waals surface area contributed by atoms with Crippen LogP contribution in [0.5, 0.6) is 11.5 Å². The number of likely N-dealkylation sites (N-methyl/N-ethyl adjacent to an activating group) is 1. The topological polar surface area (TPSA) is 39.7 Å². The smallest absolute Gasteiger partial charge is 0.127 e. The summed E-state index contributed by atoms with van der Waals surface area (Å²) < 4.78 is 16.6. The number of rotatable bonds is 8. The summed E-state index contributed by atoms with van der Waals surface area (Å²) in [6, 6.07) is 5.86. The predicted molar refractivity (Wildman–Crippen MR) is 77.1 cm³/mol. The second-order valence-corrected chi connectivity index (χ2v) is 4.57. The van der Waals surface area contributed by atoms with Crippen molar-refractivity contribution in [3.63, 3.8) is 0 Å². The van der Waals surface area contributed by atoms with Crippen LogP contribution in [0.1, 0.15) is 32.4 Å². The molecule has 0 fully saturated rings. The maximum Gasteiger partial charge on any atom is 0.127 e. The van der Waals surface area contributed by atoms with E-state index in [0.29, 0.717) is 6.61 Å². The van der Waals surface area contributed by atoms with Gasteiger partial charge in [-0.3, -0.25) is 0 Å². The zero-order valence-corrected chi connectivity index (χ0v) is 12.5. The van der Waals surface area contributed by atoms with E-state index < -0.39 is 0 Å². The van der Waals surface area contributed by atoms with Crippen LogP contribution in [-0.2, 0) is 4.74 Å². The van der Waals surface area contributed by atoms with Gasteiger partial charge in [-0.2, -0.15) is 0 Å². The SMILES string of the molecule is CCNC(COC(C)C)c1c(OC)cccc1OC. The van der Waals surface area contributed by atoms with Crippen molar-refractivity contribution < 1.29 is 14.2 Å². The first-order valence-corrected chi connectivity index (χ1v) is 6.69. The average Bonchev–Trinajstić information content (AvgIpc) is 2.42. The maximum atomic E-state index is 5.74. The van der Waals surface area contributed by atoms with Crippen LogP contribution in [0.3, 0.4) is 0 Å². The molecule has 1 rings (SSSR count). The van der Waals surface area contributed by atoms with Gasteiger partial charge in [0.15, 0.2) is 0 Å². The van der Waals surface area contributed by atoms with E-state index in [2.05, 4.69) is 12.2 Å². The minimum absolute atomic E-state index is 0.0542. The molecule has 0 amide bonds. The third-order valence-electron chi connectivity index (χ3n) is 2.86.